The lowest BCUT2D eigenvalue weighted by Crippen LogP contribution is -2.07. The summed E-state index contributed by atoms with van der Waals surface area (Å²) in [6.07, 6.45) is 6.47. The highest BCUT2D eigenvalue weighted by Gasteiger charge is 2.42. The Morgan fingerprint density at radius 3 is 2.33 bits per heavy atom. The average molecular weight is 268 g/mol. The first-order valence-electron chi connectivity index (χ1n) is 5.73. The molecule has 0 saturated heterocycles. The van der Waals surface area contributed by atoms with Crippen LogP contribution < -0.4 is 5.73 Å². The number of halogens is 1. The fraction of sp³-hybridized carbons (Fsp3) is 0.538. The van der Waals surface area contributed by atoms with Crippen LogP contribution in [0.15, 0.2) is 28.7 Å². The van der Waals surface area contributed by atoms with Gasteiger partial charge in [0, 0.05) is 4.47 Å². The Morgan fingerprint density at radius 1 is 1.13 bits per heavy atom. The summed E-state index contributed by atoms with van der Waals surface area (Å²) in [4.78, 5) is 0. The van der Waals surface area contributed by atoms with E-state index < -0.39 is 0 Å². The van der Waals surface area contributed by atoms with Gasteiger partial charge < -0.3 is 5.73 Å². The predicted molar refractivity (Wildman–Crippen MR) is 68.0 cm³/mol. The number of benzene rings is 1. The molecule has 2 rings (SSSR count). The number of hydrogen-bond acceptors (Lipinski definition) is 1. The highest BCUT2D eigenvalue weighted by molar-refractivity contribution is 9.10. The van der Waals surface area contributed by atoms with E-state index in [9.17, 15) is 0 Å². The van der Waals surface area contributed by atoms with Crippen molar-refractivity contribution in [2.75, 3.05) is 6.54 Å². The van der Waals surface area contributed by atoms with Gasteiger partial charge in [-0.15, -0.1) is 0 Å². The molecule has 0 aromatic heterocycles. The van der Waals surface area contributed by atoms with Gasteiger partial charge in [0.15, 0.2) is 0 Å². The topological polar surface area (TPSA) is 26.0 Å². The third-order valence-electron chi connectivity index (χ3n) is 3.42. The maximum atomic E-state index is 5.53. The summed E-state index contributed by atoms with van der Waals surface area (Å²) in [5.74, 6) is 0. The van der Waals surface area contributed by atoms with Crippen LogP contribution in [0.1, 0.15) is 37.7 Å². The van der Waals surface area contributed by atoms with Crippen molar-refractivity contribution in [2.24, 2.45) is 5.73 Å². The fourth-order valence-electron chi connectivity index (χ4n) is 2.25. The summed E-state index contributed by atoms with van der Waals surface area (Å²) in [6.45, 7) is 0.830. The summed E-state index contributed by atoms with van der Waals surface area (Å²) in [7, 11) is 0. The van der Waals surface area contributed by atoms with Crippen molar-refractivity contribution < 1.29 is 0 Å². The molecule has 0 unspecified atom stereocenters. The fourth-order valence-corrected chi connectivity index (χ4v) is 2.51. The molecule has 0 amide bonds. The van der Waals surface area contributed by atoms with Crippen LogP contribution in [0.3, 0.4) is 0 Å². The molecule has 1 saturated carbocycles. The average Bonchev–Trinajstić information content (AvgIpc) is 3.00. The third-order valence-corrected chi connectivity index (χ3v) is 3.95. The van der Waals surface area contributed by atoms with Gasteiger partial charge in [-0.05, 0) is 55.3 Å². The summed E-state index contributed by atoms with van der Waals surface area (Å²) >= 11 is 3.48. The van der Waals surface area contributed by atoms with E-state index in [2.05, 4.69) is 40.2 Å². The van der Waals surface area contributed by atoms with E-state index in [4.69, 9.17) is 5.73 Å². The number of hydrogen-bond donors (Lipinski definition) is 1. The zero-order valence-corrected chi connectivity index (χ0v) is 10.6. The molecular weight excluding hydrogens is 250 g/mol. The molecule has 0 bridgehead atoms. The maximum Gasteiger partial charge on any atom is 0.0175 e. The van der Waals surface area contributed by atoms with Crippen LogP contribution in [0.25, 0.3) is 0 Å². The zero-order valence-electron chi connectivity index (χ0n) is 9.01. The molecular formula is C13H18BrN. The maximum absolute atomic E-state index is 5.53. The smallest absolute Gasteiger partial charge is 0.0175 e. The molecule has 15 heavy (non-hydrogen) atoms. The zero-order chi connectivity index (χ0) is 10.7. The van der Waals surface area contributed by atoms with Gasteiger partial charge in [-0.1, -0.05) is 34.5 Å². The van der Waals surface area contributed by atoms with E-state index in [1.165, 1.54) is 35.7 Å². The Labute approximate surface area is 100 Å². The van der Waals surface area contributed by atoms with Crippen molar-refractivity contribution in [2.45, 2.75) is 37.5 Å². The van der Waals surface area contributed by atoms with Crippen LogP contribution >= 0.6 is 15.9 Å². The van der Waals surface area contributed by atoms with Crippen molar-refractivity contribution in [3.63, 3.8) is 0 Å². The van der Waals surface area contributed by atoms with E-state index in [0.717, 1.165) is 13.0 Å². The van der Waals surface area contributed by atoms with Gasteiger partial charge in [-0.3, -0.25) is 0 Å². The Balaban J connectivity index is 1.99. The molecule has 0 spiro atoms. The van der Waals surface area contributed by atoms with Crippen molar-refractivity contribution in [3.8, 4) is 0 Å². The van der Waals surface area contributed by atoms with Crippen LogP contribution in [0, 0.1) is 0 Å². The van der Waals surface area contributed by atoms with Gasteiger partial charge in [0.25, 0.3) is 0 Å². The Kier molecular flexibility index (Phi) is 3.47. The van der Waals surface area contributed by atoms with E-state index in [0.29, 0.717) is 5.41 Å². The van der Waals surface area contributed by atoms with Gasteiger partial charge in [-0.2, -0.15) is 0 Å². The standard InChI is InChI=1S/C13H18BrN/c14-12-5-3-11(4-6-12)13(8-9-13)7-1-2-10-15/h3-6H,1-2,7-10,15H2. The highest BCUT2D eigenvalue weighted by atomic mass is 79.9. The molecule has 0 aliphatic heterocycles. The van der Waals surface area contributed by atoms with Crippen molar-refractivity contribution in [3.05, 3.63) is 34.3 Å². The second-order valence-electron chi connectivity index (χ2n) is 4.53. The molecule has 1 aromatic carbocycles. The molecule has 2 heteroatoms. The highest BCUT2D eigenvalue weighted by Crippen LogP contribution is 2.51. The quantitative estimate of drug-likeness (QED) is 0.811. The second kappa shape index (κ2) is 4.67. The molecule has 1 aromatic rings. The monoisotopic (exact) mass is 267 g/mol. The molecule has 2 N–H and O–H groups in total. The van der Waals surface area contributed by atoms with Crippen LogP contribution in [0.5, 0.6) is 0 Å². The van der Waals surface area contributed by atoms with Gasteiger partial charge in [-0.25, -0.2) is 0 Å². The molecule has 0 radical (unpaired) electrons. The van der Waals surface area contributed by atoms with Crippen molar-refractivity contribution in [1.29, 1.82) is 0 Å². The SMILES string of the molecule is NCCCCC1(c2ccc(Br)cc2)CC1. The lowest BCUT2D eigenvalue weighted by Gasteiger charge is -2.15. The van der Waals surface area contributed by atoms with Gasteiger partial charge in [0.1, 0.15) is 0 Å². The van der Waals surface area contributed by atoms with E-state index in [-0.39, 0.29) is 0 Å². The minimum absolute atomic E-state index is 0.510. The van der Waals surface area contributed by atoms with Crippen LogP contribution in [0.2, 0.25) is 0 Å². The van der Waals surface area contributed by atoms with Crippen molar-refractivity contribution in [1.82, 2.24) is 0 Å². The van der Waals surface area contributed by atoms with Crippen LogP contribution in [-0.2, 0) is 5.41 Å². The van der Waals surface area contributed by atoms with Gasteiger partial charge >= 0.3 is 0 Å². The normalized spacial score (nSPS) is 17.7. The van der Waals surface area contributed by atoms with Crippen molar-refractivity contribution >= 4 is 15.9 Å². The number of unbranched alkanes of at least 4 members (excludes halogenated alkanes) is 1. The minimum Gasteiger partial charge on any atom is -0.330 e. The second-order valence-corrected chi connectivity index (χ2v) is 5.45. The molecule has 1 fully saturated rings. The Morgan fingerprint density at radius 2 is 1.80 bits per heavy atom. The third kappa shape index (κ3) is 2.61. The molecule has 1 aliphatic carbocycles. The molecule has 82 valence electrons. The van der Waals surface area contributed by atoms with Crippen LogP contribution in [-0.4, -0.2) is 6.54 Å². The van der Waals surface area contributed by atoms with E-state index in [1.807, 2.05) is 0 Å². The lowest BCUT2D eigenvalue weighted by molar-refractivity contribution is 0.565. The summed E-state index contributed by atoms with van der Waals surface area (Å²) in [5, 5.41) is 0. The Hall–Kier alpha value is -0.340. The summed E-state index contributed by atoms with van der Waals surface area (Å²) in [6, 6.07) is 8.83. The van der Waals surface area contributed by atoms with Gasteiger partial charge in [0.05, 0.1) is 0 Å². The molecule has 0 heterocycles. The minimum atomic E-state index is 0.510. The summed E-state index contributed by atoms with van der Waals surface area (Å²) in [5.41, 5.74) is 7.56. The lowest BCUT2D eigenvalue weighted by atomic mass is 9.90. The van der Waals surface area contributed by atoms with E-state index in [1.54, 1.807) is 0 Å². The predicted octanol–water partition coefficient (Wildman–Crippen LogP) is 3.61. The first kappa shape index (κ1) is 11.2. The number of nitrogens with two attached hydrogens (primary N) is 1. The van der Waals surface area contributed by atoms with Crippen LogP contribution in [0.4, 0.5) is 0 Å². The van der Waals surface area contributed by atoms with Gasteiger partial charge in [0.2, 0.25) is 0 Å². The molecule has 1 nitrogen and oxygen atoms in total. The largest absolute Gasteiger partial charge is 0.330 e. The Bertz CT molecular complexity index is 314. The molecule has 1 aliphatic rings. The molecule has 0 atom stereocenters. The first-order valence-corrected chi connectivity index (χ1v) is 6.52. The number of rotatable bonds is 5. The first-order chi connectivity index (χ1) is 7.27. The van der Waals surface area contributed by atoms with E-state index >= 15 is 0 Å². The summed E-state index contributed by atoms with van der Waals surface area (Å²) < 4.78 is 1.17.